The van der Waals surface area contributed by atoms with Gasteiger partial charge in [0.05, 0.1) is 0 Å². The first-order valence-electron chi connectivity index (χ1n) is 5.39. The van der Waals surface area contributed by atoms with Crippen LogP contribution in [0.2, 0.25) is 0 Å². The van der Waals surface area contributed by atoms with Crippen LogP contribution >= 0.6 is 11.3 Å². The summed E-state index contributed by atoms with van der Waals surface area (Å²) < 4.78 is 0. The summed E-state index contributed by atoms with van der Waals surface area (Å²) in [6.45, 7) is 0.515. The first-order chi connectivity index (χ1) is 8.18. The van der Waals surface area contributed by atoms with E-state index in [1.165, 1.54) is 6.08 Å². The molecular formula is C12H15NO3S. The predicted octanol–water partition coefficient (Wildman–Crippen LogP) is 2.13. The summed E-state index contributed by atoms with van der Waals surface area (Å²) in [6.07, 6.45) is 4.68. The normalized spacial score (nSPS) is 10.6. The smallest absolute Gasteiger partial charge is 0.303 e. The molecule has 17 heavy (non-hydrogen) atoms. The Morgan fingerprint density at radius 2 is 2.24 bits per heavy atom. The highest BCUT2D eigenvalue weighted by molar-refractivity contribution is 7.10. The van der Waals surface area contributed by atoms with Crippen molar-refractivity contribution in [3.63, 3.8) is 0 Å². The molecule has 0 aliphatic carbocycles. The Bertz CT molecular complexity index is 384. The van der Waals surface area contributed by atoms with Gasteiger partial charge in [-0.05, 0) is 30.4 Å². The van der Waals surface area contributed by atoms with Crippen LogP contribution in [0.4, 0.5) is 0 Å². The number of carbonyl (C=O) groups is 2. The van der Waals surface area contributed by atoms with E-state index in [0.717, 1.165) is 4.88 Å². The Kier molecular flexibility index (Phi) is 6.03. The van der Waals surface area contributed by atoms with Crippen LogP contribution in [0.25, 0.3) is 6.08 Å². The molecule has 0 radical (unpaired) electrons. The summed E-state index contributed by atoms with van der Waals surface area (Å²) in [7, 11) is 0. The Morgan fingerprint density at radius 1 is 1.41 bits per heavy atom. The standard InChI is InChI=1S/C12H15NO3S/c14-11(7-6-10-4-3-9-17-10)13-8-2-1-5-12(15)16/h3-4,6-7,9H,1-2,5,8H2,(H,13,14)(H,15,16). The Balaban J connectivity index is 2.11. The fraction of sp³-hybridized carbons (Fsp3) is 0.333. The molecule has 1 aromatic rings. The number of hydrogen-bond donors (Lipinski definition) is 2. The highest BCUT2D eigenvalue weighted by Gasteiger charge is 1.98. The fourth-order valence-corrected chi connectivity index (χ4v) is 1.83. The van der Waals surface area contributed by atoms with Gasteiger partial charge in [-0.2, -0.15) is 0 Å². The fourth-order valence-electron chi connectivity index (χ4n) is 1.22. The van der Waals surface area contributed by atoms with E-state index in [9.17, 15) is 9.59 Å². The number of unbranched alkanes of at least 4 members (excludes halogenated alkanes) is 1. The van der Waals surface area contributed by atoms with Crippen molar-refractivity contribution in [2.24, 2.45) is 0 Å². The largest absolute Gasteiger partial charge is 0.481 e. The van der Waals surface area contributed by atoms with E-state index < -0.39 is 5.97 Å². The topological polar surface area (TPSA) is 66.4 Å². The van der Waals surface area contributed by atoms with Gasteiger partial charge in [-0.25, -0.2) is 0 Å². The molecule has 1 aromatic heterocycles. The van der Waals surface area contributed by atoms with E-state index in [1.54, 1.807) is 17.4 Å². The molecule has 0 aromatic carbocycles. The van der Waals surface area contributed by atoms with Gasteiger partial charge >= 0.3 is 5.97 Å². The molecule has 0 atom stereocenters. The van der Waals surface area contributed by atoms with Crippen molar-refractivity contribution in [1.29, 1.82) is 0 Å². The zero-order valence-electron chi connectivity index (χ0n) is 9.39. The number of nitrogens with one attached hydrogen (secondary N) is 1. The van der Waals surface area contributed by atoms with Crippen molar-refractivity contribution in [2.45, 2.75) is 19.3 Å². The SMILES string of the molecule is O=C(O)CCCCNC(=O)C=Cc1cccs1. The van der Waals surface area contributed by atoms with E-state index in [0.29, 0.717) is 19.4 Å². The Morgan fingerprint density at radius 3 is 2.88 bits per heavy atom. The molecule has 0 saturated carbocycles. The average Bonchev–Trinajstić information content (AvgIpc) is 2.78. The molecule has 5 heteroatoms. The highest BCUT2D eigenvalue weighted by Crippen LogP contribution is 2.09. The first kappa shape index (κ1) is 13.4. The molecule has 0 aliphatic heterocycles. The number of amides is 1. The van der Waals surface area contributed by atoms with Crippen LogP contribution in [-0.4, -0.2) is 23.5 Å². The summed E-state index contributed by atoms with van der Waals surface area (Å²) in [4.78, 5) is 22.6. The molecule has 0 aliphatic rings. The molecule has 0 fully saturated rings. The number of rotatable bonds is 7. The third-order valence-electron chi connectivity index (χ3n) is 2.06. The molecule has 92 valence electrons. The zero-order chi connectivity index (χ0) is 12.5. The maximum atomic E-state index is 11.3. The zero-order valence-corrected chi connectivity index (χ0v) is 10.2. The Hall–Kier alpha value is -1.62. The summed E-state index contributed by atoms with van der Waals surface area (Å²) in [6, 6.07) is 3.86. The lowest BCUT2D eigenvalue weighted by atomic mass is 10.2. The predicted molar refractivity (Wildman–Crippen MR) is 67.8 cm³/mol. The molecule has 1 amide bonds. The number of aliphatic carboxylic acids is 1. The summed E-state index contributed by atoms with van der Waals surface area (Å²) >= 11 is 1.57. The Labute approximate surface area is 104 Å². The second kappa shape index (κ2) is 7.62. The van der Waals surface area contributed by atoms with Crippen molar-refractivity contribution < 1.29 is 14.7 Å². The van der Waals surface area contributed by atoms with Gasteiger partial charge in [0.25, 0.3) is 0 Å². The lowest BCUT2D eigenvalue weighted by Crippen LogP contribution is -2.22. The molecule has 0 spiro atoms. The lowest BCUT2D eigenvalue weighted by molar-refractivity contribution is -0.137. The maximum absolute atomic E-state index is 11.3. The number of hydrogen-bond acceptors (Lipinski definition) is 3. The van der Waals surface area contributed by atoms with Crippen molar-refractivity contribution in [2.75, 3.05) is 6.54 Å². The minimum Gasteiger partial charge on any atom is -0.481 e. The van der Waals surface area contributed by atoms with Gasteiger partial charge in [-0.1, -0.05) is 6.07 Å². The molecule has 0 saturated heterocycles. The van der Waals surface area contributed by atoms with Gasteiger partial charge in [0, 0.05) is 23.9 Å². The number of carboxylic acids is 1. The van der Waals surface area contributed by atoms with Crippen LogP contribution in [-0.2, 0) is 9.59 Å². The molecule has 2 N–H and O–H groups in total. The van der Waals surface area contributed by atoms with Gasteiger partial charge in [0.1, 0.15) is 0 Å². The minimum absolute atomic E-state index is 0.145. The summed E-state index contributed by atoms with van der Waals surface area (Å²) in [5.41, 5.74) is 0. The minimum atomic E-state index is -0.797. The van der Waals surface area contributed by atoms with Crippen LogP contribution in [0.15, 0.2) is 23.6 Å². The van der Waals surface area contributed by atoms with E-state index in [2.05, 4.69) is 5.32 Å². The van der Waals surface area contributed by atoms with Gasteiger partial charge in [0.15, 0.2) is 0 Å². The third-order valence-corrected chi connectivity index (χ3v) is 2.90. The van der Waals surface area contributed by atoms with Gasteiger partial charge < -0.3 is 10.4 Å². The van der Waals surface area contributed by atoms with Crippen LogP contribution in [0.1, 0.15) is 24.1 Å². The van der Waals surface area contributed by atoms with E-state index in [4.69, 9.17) is 5.11 Å². The van der Waals surface area contributed by atoms with E-state index in [-0.39, 0.29) is 12.3 Å². The van der Waals surface area contributed by atoms with Crippen molar-refractivity contribution in [3.8, 4) is 0 Å². The van der Waals surface area contributed by atoms with Gasteiger partial charge in [-0.3, -0.25) is 9.59 Å². The van der Waals surface area contributed by atoms with E-state index >= 15 is 0 Å². The van der Waals surface area contributed by atoms with E-state index in [1.807, 2.05) is 17.5 Å². The second-order valence-electron chi connectivity index (χ2n) is 3.49. The number of carbonyl (C=O) groups excluding carboxylic acids is 1. The van der Waals surface area contributed by atoms with Crippen molar-refractivity contribution in [3.05, 3.63) is 28.5 Å². The number of thiophene rings is 1. The maximum Gasteiger partial charge on any atom is 0.303 e. The van der Waals surface area contributed by atoms with Crippen LogP contribution in [0.5, 0.6) is 0 Å². The molecule has 1 heterocycles. The monoisotopic (exact) mass is 253 g/mol. The van der Waals surface area contributed by atoms with Gasteiger partial charge in [-0.15, -0.1) is 11.3 Å². The highest BCUT2D eigenvalue weighted by atomic mass is 32.1. The average molecular weight is 253 g/mol. The third kappa shape index (κ3) is 6.52. The molecule has 1 rings (SSSR count). The van der Waals surface area contributed by atoms with Gasteiger partial charge in [0.2, 0.25) is 5.91 Å². The van der Waals surface area contributed by atoms with Crippen LogP contribution in [0.3, 0.4) is 0 Å². The quantitative estimate of drug-likeness (QED) is 0.578. The summed E-state index contributed by atoms with van der Waals surface area (Å²) in [5.74, 6) is -0.942. The first-order valence-corrected chi connectivity index (χ1v) is 6.27. The van der Waals surface area contributed by atoms with Crippen LogP contribution < -0.4 is 5.32 Å². The van der Waals surface area contributed by atoms with Crippen LogP contribution in [0, 0.1) is 0 Å². The number of carboxylic acid groups (broad SMARTS) is 1. The molecule has 0 unspecified atom stereocenters. The molecular weight excluding hydrogens is 238 g/mol. The van der Waals surface area contributed by atoms with Crippen molar-refractivity contribution >= 4 is 29.3 Å². The van der Waals surface area contributed by atoms with Crippen molar-refractivity contribution in [1.82, 2.24) is 5.32 Å². The molecule has 0 bridgehead atoms. The summed E-state index contributed by atoms with van der Waals surface area (Å²) in [5, 5.41) is 13.1. The molecule has 4 nitrogen and oxygen atoms in total. The second-order valence-corrected chi connectivity index (χ2v) is 4.47. The lowest BCUT2D eigenvalue weighted by Gasteiger charge is -2.00.